The minimum atomic E-state index is 0.221. The molecule has 0 bridgehead atoms. The Morgan fingerprint density at radius 1 is 1.64 bits per heavy atom. The molecule has 0 radical (unpaired) electrons. The van der Waals surface area contributed by atoms with Crippen LogP contribution in [-0.2, 0) is 11.8 Å². The van der Waals surface area contributed by atoms with Crippen molar-refractivity contribution >= 4 is 0 Å². The summed E-state index contributed by atoms with van der Waals surface area (Å²) in [7, 11) is 2.00. The minimum absolute atomic E-state index is 0.221. The molecule has 0 aliphatic carbocycles. The van der Waals surface area contributed by atoms with Crippen molar-refractivity contribution in [2.24, 2.45) is 12.8 Å². The molecule has 0 aromatic carbocycles. The van der Waals surface area contributed by atoms with Crippen LogP contribution in [0.1, 0.15) is 31.1 Å². The summed E-state index contributed by atoms with van der Waals surface area (Å²) < 4.78 is 7.91. The summed E-state index contributed by atoms with van der Waals surface area (Å²) in [4.78, 5) is 4.10. The molecule has 4 nitrogen and oxygen atoms in total. The summed E-state index contributed by atoms with van der Waals surface area (Å²) >= 11 is 0. The standard InChI is InChI=1S/C10H17N3O/c1-13-7-12-6-9(13)10-3-2-8(14-10)4-5-11/h6-8,10H,2-5,11H2,1H3. The Labute approximate surface area is 84.1 Å². The van der Waals surface area contributed by atoms with Crippen molar-refractivity contribution in [3.05, 3.63) is 18.2 Å². The lowest BCUT2D eigenvalue weighted by Crippen LogP contribution is -2.13. The van der Waals surface area contributed by atoms with Gasteiger partial charge in [0.05, 0.1) is 30.4 Å². The average molecular weight is 195 g/mol. The van der Waals surface area contributed by atoms with E-state index in [1.165, 1.54) is 5.69 Å². The molecule has 0 saturated carbocycles. The van der Waals surface area contributed by atoms with Crippen molar-refractivity contribution in [3.8, 4) is 0 Å². The lowest BCUT2D eigenvalue weighted by Gasteiger charge is -2.13. The number of hydrogen-bond donors (Lipinski definition) is 1. The van der Waals surface area contributed by atoms with Crippen LogP contribution in [0.4, 0.5) is 0 Å². The first-order valence-electron chi connectivity index (χ1n) is 5.13. The maximum Gasteiger partial charge on any atom is 0.0995 e. The van der Waals surface area contributed by atoms with Gasteiger partial charge in [-0.2, -0.15) is 0 Å². The molecule has 1 fully saturated rings. The smallest absolute Gasteiger partial charge is 0.0995 e. The predicted octanol–water partition coefficient (Wildman–Crippen LogP) is 0.989. The van der Waals surface area contributed by atoms with E-state index in [0.29, 0.717) is 12.6 Å². The van der Waals surface area contributed by atoms with Crippen LogP contribution in [0.2, 0.25) is 0 Å². The van der Waals surface area contributed by atoms with Crippen LogP contribution in [-0.4, -0.2) is 22.2 Å². The maximum absolute atomic E-state index is 5.89. The number of hydrogen-bond acceptors (Lipinski definition) is 3. The Balaban J connectivity index is 1.99. The molecule has 2 atom stereocenters. The van der Waals surface area contributed by atoms with Crippen molar-refractivity contribution in [2.45, 2.75) is 31.5 Å². The van der Waals surface area contributed by atoms with E-state index in [1.54, 1.807) is 0 Å². The lowest BCUT2D eigenvalue weighted by atomic mass is 10.1. The molecule has 1 saturated heterocycles. The van der Waals surface area contributed by atoms with Gasteiger partial charge in [-0.15, -0.1) is 0 Å². The Kier molecular flexibility index (Phi) is 2.84. The summed E-state index contributed by atoms with van der Waals surface area (Å²) in [5.74, 6) is 0. The fourth-order valence-electron chi connectivity index (χ4n) is 2.00. The molecular weight excluding hydrogens is 178 g/mol. The van der Waals surface area contributed by atoms with E-state index >= 15 is 0 Å². The van der Waals surface area contributed by atoms with E-state index in [0.717, 1.165) is 19.3 Å². The fourth-order valence-corrected chi connectivity index (χ4v) is 2.00. The summed E-state index contributed by atoms with van der Waals surface area (Å²) in [5.41, 5.74) is 6.68. The Morgan fingerprint density at radius 2 is 2.50 bits per heavy atom. The van der Waals surface area contributed by atoms with Crippen molar-refractivity contribution in [1.29, 1.82) is 0 Å². The largest absolute Gasteiger partial charge is 0.369 e. The molecule has 1 aliphatic heterocycles. The summed E-state index contributed by atoms with van der Waals surface area (Å²) in [6.45, 7) is 0.711. The zero-order chi connectivity index (χ0) is 9.97. The Morgan fingerprint density at radius 3 is 3.14 bits per heavy atom. The number of ether oxygens (including phenoxy) is 1. The Hall–Kier alpha value is -0.870. The molecule has 4 heteroatoms. The SMILES string of the molecule is Cn1cncc1C1CCC(CCN)O1. The monoisotopic (exact) mass is 195 g/mol. The van der Waals surface area contributed by atoms with E-state index < -0.39 is 0 Å². The van der Waals surface area contributed by atoms with Gasteiger partial charge < -0.3 is 15.0 Å². The maximum atomic E-state index is 5.89. The zero-order valence-corrected chi connectivity index (χ0v) is 8.52. The first kappa shape index (κ1) is 9.68. The zero-order valence-electron chi connectivity index (χ0n) is 8.52. The van der Waals surface area contributed by atoms with Gasteiger partial charge in [0.25, 0.3) is 0 Å². The molecule has 78 valence electrons. The van der Waals surface area contributed by atoms with E-state index in [-0.39, 0.29) is 6.10 Å². The summed E-state index contributed by atoms with van der Waals surface area (Å²) in [6.07, 6.45) is 7.44. The predicted molar refractivity (Wildman–Crippen MR) is 53.7 cm³/mol. The van der Waals surface area contributed by atoms with Gasteiger partial charge in [0, 0.05) is 7.05 Å². The van der Waals surface area contributed by atoms with Gasteiger partial charge in [0.15, 0.2) is 0 Å². The second kappa shape index (κ2) is 4.11. The third-order valence-electron chi connectivity index (χ3n) is 2.78. The van der Waals surface area contributed by atoms with Crippen LogP contribution in [0.3, 0.4) is 0 Å². The van der Waals surface area contributed by atoms with Crippen LogP contribution >= 0.6 is 0 Å². The molecule has 14 heavy (non-hydrogen) atoms. The molecule has 1 aliphatic rings. The lowest BCUT2D eigenvalue weighted by molar-refractivity contribution is 0.0376. The summed E-state index contributed by atoms with van der Waals surface area (Å²) in [6, 6.07) is 0. The topological polar surface area (TPSA) is 53.1 Å². The number of rotatable bonds is 3. The molecule has 1 aromatic rings. The van der Waals surface area contributed by atoms with Crippen molar-refractivity contribution in [1.82, 2.24) is 9.55 Å². The number of imidazole rings is 1. The van der Waals surface area contributed by atoms with Crippen LogP contribution in [0, 0.1) is 0 Å². The van der Waals surface area contributed by atoms with Gasteiger partial charge in [-0.1, -0.05) is 0 Å². The third-order valence-corrected chi connectivity index (χ3v) is 2.78. The van der Waals surface area contributed by atoms with E-state index in [9.17, 15) is 0 Å². The van der Waals surface area contributed by atoms with Crippen molar-refractivity contribution in [2.75, 3.05) is 6.54 Å². The molecule has 2 unspecified atom stereocenters. The van der Waals surface area contributed by atoms with Crippen molar-refractivity contribution in [3.63, 3.8) is 0 Å². The highest BCUT2D eigenvalue weighted by Crippen LogP contribution is 2.33. The molecule has 0 spiro atoms. The van der Waals surface area contributed by atoms with Gasteiger partial charge in [-0.25, -0.2) is 4.98 Å². The van der Waals surface area contributed by atoms with Crippen molar-refractivity contribution < 1.29 is 4.74 Å². The highest BCUT2D eigenvalue weighted by Gasteiger charge is 2.27. The van der Waals surface area contributed by atoms with Gasteiger partial charge in [-0.05, 0) is 25.8 Å². The van der Waals surface area contributed by atoms with Gasteiger partial charge in [-0.3, -0.25) is 0 Å². The van der Waals surface area contributed by atoms with Gasteiger partial charge in [0.2, 0.25) is 0 Å². The highest BCUT2D eigenvalue weighted by atomic mass is 16.5. The van der Waals surface area contributed by atoms with Crippen LogP contribution in [0.5, 0.6) is 0 Å². The molecular formula is C10H17N3O. The number of aromatic nitrogens is 2. The second-order valence-electron chi connectivity index (χ2n) is 3.83. The van der Waals surface area contributed by atoms with Gasteiger partial charge in [0.1, 0.15) is 0 Å². The third kappa shape index (κ3) is 1.81. The molecule has 1 aromatic heterocycles. The van der Waals surface area contributed by atoms with E-state index in [4.69, 9.17) is 10.5 Å². The first-order chi connectivity index (χ1) is 6.81. The number of nitrogens with zero attached hydrogens (tertiary/aromatic N) is 2. The van der Waals surface area contributed by atoms with Crippen LogP contribution in [0.15, 0.2) is 12.5 Å². The summed E-state index contributed by atoms with van der Waals surface area (Å²) in [5, 5.41) is 0. The highest BCUT2D eigenvalue weighted by molar-refractivity contribution is 5.04. The average Bonchev–Trinajstić information content (AvgIpc) is 2.74. The fraction of sp³-hybridized carbons (Fsp3) is 0.700. The van der Waals surface area contributed by atoms with E-state index in [2.05, 4.69) is 4.98 Å². The molecule has 2 rings (SSSR count). The molecule has 0 amide bonds. The van der Waals surface area contributed by atoms with Crippen LogP contribution < -0.4 is 5.73 Å². The number of aryl methyl sites for hydroxylation is 1. The minimum Gasteiger partial charge on any atom is -0.369 e. The second-order valence-corrected chi connectivity index (χ2v) is 3.83. The van der Waals surface area contributed by atoms with E-state index in [1.807, 2.05) is 24.1 Å². The first-order valence-corrected chi connectivity index (χ1v) is 5.13. The number of nitrogens with two attached hydrogens (primary N) is 1. The molecule has 2 heterocycles. The Bertz CT molecular complexity index is 297. The molecule has 2 N–H and O–H groups in total. The van der Waals surface area contributed by atoms with Crippen LogP contribution in [0.25, 0.3) is 0 Å². The normalized spacial score (nSPS) is 27.0. The van der Waals surface area contributed by atoms with Gasteiger partial charge >= 0.3 is 0 Å². The quantitative estimate of drug-likeness (QED) is 0.782.